The number of ether oxygens (including phenoxy) is 1. The number of amides is 1. The Hall–Kier alpha value is -2.07. The smallest absolute Gasteiger partial charge is 0.410 e. The van der Waals surface area contributed by atoms with E-state index < -0.39 is 5.60 Å². The summed E-state index contributed by atoms with van der Waals surface area (Å²) in [5, 5.41) is 10.2. The number of aromatic nitrogens is 2. The van der Waals surface area contributed by atoms with Gasteiger partial charge in [0.15, 0.2) is 0 Å². The average Bonchev–Trinajstić information content (AvgIpc) is 2.91. The maximum Gasteiger partial charge on any atom is 0.410 e. The maximum atomic E-state index is 12.4. The monoisotopic (exact) mass is 404 g/mol. The Balaban J connectivity index is 1.89. The lowest BCUT2D eigenvalue weighted by Gasteiger charge is -2.34. The average molecular weight is 405 g/mol. The number of carbonyl (C=O) groups excluding carboxylic acids is 1. The Bertz CT molecular complexity index is 847. The number of nitriles is 1. The van der Waals surface area contributed by atoms with E-state index in [1.54, 1.807) is 4.90 Å². The molecule has 6 nitrogen and oxygen atoms in total. The molecule has 3 rings (SSSR count). The molecular weight excluding hydrogens is 384 g/mol. The molecule has 25 heavy (non-hydrogen) atoms. The summed E-state index contributed by atoms with van der Waals surface area (Å²) in [7, 11) is 0. The second-order valence-corrected chi connectivity index (χ2v) is 8.10. The van der Waals surface area contributed by atoms with Crippen molar-refractivity contribution in [2.24, 2.45) is 0 Å². The van der Waals surface area contributed by atoms with Gasteiger partial charge in [0.2, 0.25) is 0 Å². The van der Waals surface area contributed by atoms with Crippen molar-refractivity contribution in [1.29, 1.82) is 5.26 Å². The van der Waals surface area contributed by atoms with Crippen molar-refractivity contribution in [3.63, 3.8) is 0 Å². The van der Waals surface area contributed by atoms with E-state index in [0.29, 0.717) is 18.7 Å². The molecule has 0 N–H and O–H groups in total. The highest BCUT2D eigenvalue weighted by Crippen LogP contribution is 2.30. The third-order valence-electron chi connectivity index (χ3n) is 4.21. The number of hydrogen-bond acceptors (Lipinski definition) is 4. The van der Waals surface area contributed by atoms with Crippen molar-refractivity contribution in [3.8, 4) is 6.07 Å². The van der Waals surface area contributed by atoms with Crippen LogP contribution < -0.4 is 0 Å². The van der Waals surface area contributed by atoms with Crippen molar-refractivity contribution in [2.45, 2.75) is 45.3 Å². The van der Waals surface area contributed by atoms with Crippen LogP contribution in [-0.4, -0.2) is 39.2 Å². The molecule has 3 heterocycles. The van der Waals surface area contributed by atoms with E-state index in [2.05, 4.69) is 27.0 Å². The molecule has 1 fully saturated rings. The molecule has 0 saturated carbocycles. The summed E-state index contributed by atoms with van der Waals surface area (Å²) in [6.45, 7) is 6.84. The Labute approximate surface area is 155 Å². The first-order valence-electron chi connectivity index (χ1n) is 8.33. The summed E-state index contributed by atoms with van der Waals surface area (Å²) in [5.41, 5.74) is 0.858. The van der Waals surface area contributed by atoms with Gasteiger partial charge in [-0.05, 0) is 61.7 Å². The Kier molecular flexibility index (Phi) is 4.74. The number of likely N-dealkylation sites (tertiary alicyclic amines) is 1. The van der Waals surface area contributed by atoms with Crippen LogP contribution in [0, 0.1) is 11.3 Å². The number of piperidine rings is 1. The SMILES string of the molecule is CC(C)(C)OC(=O)N1CCC[C@@H](n2cc(C#N)c3ccc(Br)nc32)C1. The summed E-state index contributed by atoms with van der Waals surface area (Å²) < 4.78 is 8.25. The molecule has 1 amide bonds. The topological polar surface area (TPSA) is 71.2 Å². The zero-order valence-corrected chi connectivity index (χ0v) is 16.2. The van der Waals surface area contributed by atoms with Gasteiger partial charge in [-0.2, -0.15) is 5.26 Å². The third-order valence-corrected chi connectivity index (χ3v) is 4.65. The predicted octanol–water partition coefficient (Wildman–Crippen LogP) is 4.24. The quantitative estimate of drug-likeness (QED) is 0.666. The number of rotatable bonds is 1. The predicted molar refractivity (Wildman–Crippen MR) is 98.2 cm³/mol. The third kappa shape index (κ3) is 3.79. The van der Waals surface area contributed by atoms with Crippen LogP contribution in [-0.2, 0) is 4.74 Å². The number of hydrogen-bond donors (Lipinski definition) is 0. The summed E-state index contributed by atoms with van der Waals surface area (Å²) in [6, 6.07) is 6.04. The molecule has 0 aliphatic carbocycles. The number of fused-ring (bicyclic) bond motifs is 1. The molecule has 7 heteroatoms. The minimum Gasteiger partial charge on any atom is -0.444 e. The summed E-state index contributed by atoms with van der Waals surface area (Å²) in [5.74, 6) is 0. The van der Waals surface area contributed by atoms with E-state index in [-0.39, 0.29) is 12.1 Å². The van der Waals surface area contributed by atoms with Crippen LogP contribution >= 0.6 is 15.9 Å². The van der Waals surface area contributed by atoms with Gasteiger partial charge in [-0.25, -0.2) is 9.78 Å². The molecule has 0 unspecified atom stereocenters. The van der Waals surface area contributed by atoms with Crippen LogP contribution in [0.2, 0.25) is 0 Å². The molecule has 1 aliphatic heterocycles. The van der Waals surface area contributed by atoms with Gasteiger partial charge >= 0.3 is 6.09 Å². The lowest BCUT2D eigenvalue weighted by molar-refractivity contribution is 0.0174. The number of pyridine rings is 1. The minimum atomic E-state index is -0.509. The number of nitrogens with zero attached hydrogens (tertiary/aromatic N) is 4. The summed E-state index contributed by atoms with van der Waals surface area (Å²) in [6.07, 6.45) is 3.37. The van der Waals surface area contributed by atoms with E-state index in [1.807, 2.05) is 43.7 Å². The second-order valence-electron chi connectivity index (χ2n) is 7.29. The lowest BCUT2D eigenvalue weighted by Crippen LogP contribution is -2.43. The molecule has 2 aromatic heterocycles. The minimum absolute atomic E-state index is 0.0765. The maximum absolute atomic E-state index is 12.4. The van der Waals surface area contributed by atoms with E-state index in [4.69, 9.17) is 4.74 Å². The lowest BCUT2D eigenvalue weighted by atomic mass is 10.1. The van der Waals surface area contributed by atoms with Gasteiger partial charge in [0.1, 0.15) is 21.9 Å². The van der Waals surface area contributed by atoms with Gasteiger partial charge in [-0.15, -0.1) is 0 Å². The first-order chi connectivity index (χ1) is 11.8. The van der Waals surface area contributed by atoms with E-state index >= 15 is 0 Å². The normalized spacial score (nSPS) is 18.2. The zero-order chi connectivity index (χ0) is 18.2. The molecule has 0 spiro atoms. The standard InChI is InChI=1S/C18H21BrN4O2/c1-18(2,3)25-17(24)22-8-4-5-13(11-22)23-10-12(9-20)14-6-7-15(19)21-16(14)23/h6-7,10,13H,4-5,8,11H2,1-3H3/t13-/m1/s1. The van der Waals surface area contributed by atoms with Gasteiger partial charge in [-0.3, -0.25) is 0 Å². The second kappa shape index (κ2) is 6.68. The molecule has 0 aromatic carbocycles. The van der Waals surface area contributed by atoms with E-state index in [0.717, 1.165) is 28.5 Å². The van der Waals surface area contributed by atoms with Gasteiger partial charge < -0.3 is 14.2 Å². The molecule has 132 valence electrons. The van der Waals surface area contributed by atoms with Crippen LogP contribution in [0.3, 0.4) is 0 Å². The highest BCUT2D eigenvalue weighted by atomic mass is 79.9. The van der Waals surface area contributed by atoms with Crippen LogP contribution in [0.1, 0.15) is 45.2 Å². The van der Waals surface area contributed by atoms with Crippen molar-refractivity contribution in [1.82, 2.24) is 14.5 Å². The van der Waals surface area contributed by atoms with Crippen molar-refractivity contribution in [2.75, 3.05) is 13.1 Å². The molecule has 1 aliphatic rings. The van der Waals surface area contributed by atoms with Gasteiger partial charge in [0.05, 0.1) is 11.6 Å². The first-order valence-corrected chi connectivity index (χ1v) is 9.13. The highest BCUT2D eigenvalue weighted by Gasteiger charge is 2.29. The first kappa shape index (κ1) is 17.7. The molecular formula is C18H21BrN4O2. The number of halogens is 1. The molecule has 1 atom stereocenters. The summed E-state index contributed by atoms with van der Waals surface area (Å²) >= 11 is 3.40. The highest BCUT2D eigenvalue weighted by molar-refractivity contribution is 9.10. The molecule has 2 aromatic rings. The van der Waals surface area contributed by atoms with Crippen LogP contribution in [0.4, 0.5) is 4.79 Å². The van der Waals surface area contributed by atoms with Crippen LogP contribution in [0.15, 0.2) is 22.9 Å². The molecule has 1 saturated heterocycles. The molecule has 0 bridgehead atoms. The van der Waals surface area contributed by atoms with Gasteiger partial charge in [0.25, 0.3) is 0 Å². The van der Waals surface area contributed by atoms with Crippen LogP contribution in [0.25, 0.3) is 11.0 Å². The fraction of sp³-hybridized carbons (Fsp3) is 0.500. The molecule has 0 radical (unpaired) electrons. The van der Waals surface area contributed by atoms with E-state index in [1.165, 1.54) is 0 Å². The number of carbonyl (C=O) groups is 1. The van der Waals surface area contributed by atoms with Crippen molar-refractivity contribution in [3.05, 3.63) is 28.5 Å². The van der Waals surface area contributed by atoms with Gasteiger partial charge in [-0.1, -0.05) is 0 Å². The summed E-state index contributed by atoms with van der Waals surface area (Å²) in [4.78, 5) is 18.7. The van der Waals surface area contributed by atoms with E-state index in [9.17, 15) is 10.1 Å². The van der Waals surface area contributed by atoms with Crippen molar-refractivity contribution < 1.29 is 9.53 Å². The van der Waals surface area contributed by atoms with Gasteiger partial charge in [0, 0.05) is 24.7 Å². The van der Waals surface area contributed by atoms with Crippen LogP contribution in [0.5, 0.6) is 0 Å². The largest absolute Gasteiger partial charge is 0.444 e. The zero-order valence-electron chi connectivity index (χ0n) is 14.6. The Morgan fingerprint density at radius 2 is 2.20 bits per heavy atom. The Morgan fingerprint density at radius 1 is 1.44 bits per heavy atom. The van der Waals surface area contributed by atoms with Crippen molar-refractivity contribution >= 4 is 33.1 Å². The fourth-order valence-electron chi connectivity index (χ4n) is 3.14. The Morgan fingerprint density at radius 3 is 2.88 bits per heavy atom. The fourth-order valence-corrected chi connectivity index (χ4v) is 3.44.